The van der Waals surface area contributed by atoms with Gasteiger partial charge in [0.05, 0.1) is 0 Å². The van der Waals surface area contributed by atoms with Gasteiger partial charge in [-0.25, -0.2) is 0 Å². The molecule has 0 fully saturated rings. The van der Waals surface area contributed by atoms with Crippen LogP contribution in [0.4, 0.5) is 0 Å². The summed E-state index contributed by atoms with van der Waals surface area (Å²) in [6.07, 6.45) is 33.2. The van der Waals surface area contributed by atoms with Gasteiger partial charge in [-0.2, -0.15) is 0 Å². The summed E-state index contributed by atoms with van der Waals surface area (Å²) in [6.45, 7) is 2.29. The maximum atomic E-state index is 9.54. The Morgan fingerprint density at radius 3 is 1.35 bits per heavy atom. The van der Waals surface area contributed by atoms with E-state index in [-0.39, 0.29) is 11.8 Å². The third-order valence-corrected chi connectivity index (χ3v) is 6.33. The van der Waals surface area contributed by atoms with E-state index in [1.165, 1.54) is 128 Å². The predicted molar refractivity (Wildman–Crippen MR) is 136 cm³/mol. The van der Waals surface area contributed by atoms with Crippen LogP contribution in [0.5, 0.6) is 11.8 Å². The molecule has 3 heteroatoms. The lowest BCUT2D eigenvalue weighted by Crippen LogP contribution is -1.84. The molecule has 0 saturated heterocycles. The largest absolute Gasteiger partial charge is 0.494 e. The van der Waals surface area contributed by atoms with Crippen molar-refractivity contribution in [3.8, 4) is 11.8 Å². The van der Waals surface area contributed by atoms with Gasteiger partial charge in [0.2, 0.25) is 0 Å². The number of hydrogen-bond donors (Lipinski definition) is 3. The average Bonchev–Trinajstić information content (AvgIpc) is 3.08. The molecular formula is C28H51NO2. The second-order valence-corrected chi connectivity index (χ2v) is 9.37. The number of H-pyrrole nitrogens is 1. The Morgan fingerprint density at radius 1 is 0.613 bits per heavy atom. The molecule has 0 unspecified atom stereocenters. The Balaban J connectivity index is 1.72. The summed E-state index contributed by atoms with van der Waals surface area (Å²) >= 11 is 0. The summed E-state index contributed by atoms with van der Waals surface area (Å²) in [5.74, 6) is 0.0493. The van der Waals surface area contributed by atoms with Gasteiger partial charge in [0.1, 0.15) is 0 Å². The van der Waals surface area contributed by atoms with Gasteiger partial charge in [0.15, 0.2) is 11.8 Å². The number of unbranched alkanes of at least 4 members (excludes halogenated alkanes) is 20. The van der Waals surface area contributed by atoms with Crippen molar-refractivity contribution in [2.24, 2.45) is 0 Å². The van der Waals surface area contributed by atoms with Gasteiger partial charge < -0.3 is 10.2 Å². The van der Waals surface area contributed by atoms with Crippen molar-refractivity contribution in [2.75, 3.05) is 0 Å². The SMILES string of the molecule is CCCCCCCCCCCCCCCCCCCCCCC=Cc1cc(O)[nH]c1O. The van der Waals surface area contributed by atoms with Crippen LogP contribution >= 0.6 is 0 Å². The molecule has 1 aromatic heterocycles. The Bertz CT molecular complexity index is 535. The molecule has 31 heavy (non-hydrogen) atoms. The van der Waals surface area contributed by atoms with Crippen LogP contribution in [-0.2, 0) is 0 Å². The van der Waals surface area contributed by atoms with Gasteiger partial charge in [-0.15, -0.1) is 0 Å². The molecule has 180 valence electrons. The van der Waals surface area contributed by atoms with Crippen LogP contribution in [0.1, 0.15) is 147 Å². The summed E-state index contributed by atoms with van der Waals surface area (Å²) in [5.41, 5.74) is 0.658. The lowest BCUT2D eigenvalue weighted by Gasteiger charge is -2.04. The second kappa shape index (κ2) is 20.5. The van der Waals surface area contributed by atoms with E-state index in [2.05, 4.69) is 18.0 Å². The molecule has 1 aromatic rings. The topological polar surface area (TPSA) is 56.2 Å². The molecule has 0 saturated carbocycles. The van der Waals surface area contributed by atoms with Crippen molar-refractivity contribution >= 4 is 6.08 Å². The number of allylic oxidation sites excluding steroid dienone is 1. The molecule has 0 radical (unpaired) electrons. The number of hydrogen-bond acceptors (Lipinski definition) is 2. The van der Waals surface area contributed by atoms with Gasteiger partial charge in [0, 0.05) is 11.6 Å². The van der Waals surface area contributed by atoms with Crippen LogP contribution in [0.3, 0.4) is 0 Å². The molecule has 0 aliphatic rings. The minimum Gasteiger partial charge on any atom is -0.494 e. The smallest absolute Gasteiger partial charge is 0.198 e. The summed E-state index contributed by atoms with van der Waals surface area (Å²) in [5, 5.41) is 18.8. The molecular weight excluding hydrogens is 382 g/mol. The van der Waals surface area contributed by atoms with E-state index in [1.54, 1.807) is 6.07 Å². The van der Waals surface area contributed by atoms with Crippen LogP contribution in [-0.4, -0.2) is 15.2 Å². The summed E-state index contributed by atoms with van der Waals surface area (Å²) in [4.78, 5) is 2.48. The Labute approximate surface area is 192 Å². The highest BCUT2D eigenvalue weighted by Gasteiger charge is 2.01. The number of rotatable bonds is 22. The molecule has 0 bridgehead atoms. The van der Waals surface area contributed by atoms with E-state index in [0.29, 0.717) is 5.56 Å². The van der Waals surface area contributed by atoms with Crippen LogP contribution in [0, 0.1) is 0 Å². The number of aromatic amines is 1. The Hall–Kier alpha value is -1.38. The van der Waals surface area contributed by atoms with Crippen molar-refractivity contribution < 1.29 is 10.2 Å². The first-order valence-electron chi connectivity index (χ1n) is 13.5. The van der Waals surface area contributed by atoms with Crippen LogP contribution in [0.25, 0.3) is 6.08 Å². The predicted octanol–water partition coefficient (Wildman–Crippen LogP) is 9.65. The highest BCUT2D eigenvalue weighted by Crippen LogP contribution is 2.23. The van der Waals surface area contributed by atoms with E-state index in [0.717, 1.165) is 6.42 Å². The van der Waals surface area contributed by atoms with Crippen molar-refractivity contribution in [1.82, 2.24) is 4.98 Å². The first-order valence-corrected chi connectivity index (χ1v) is 13.5. The summed E-state index contributed by atoms with van der Waals surface area (Å²) in [6, 6.07) is 1.54. The third-order valence-electron chi connectivity index (χ3n) is 6.33. The molecule has 1 heterocycles. The van der Waals surface area contributed by atoms with E-state index in [9.17, 15) is 10.2 Å². The van der Waals surface area contributed by atoms with Gasteiger partial charge in [-0.05, 0) is 12.8 Å². The summed E-state index contributed by atoms with van der Waals surface area (Å²) < 4.78 is 0. The molecule has 0 aromatic carbocycles. The normalized spacial score (nSPS) is 11.6. The van der Waals surface area contributed by atoms with Crippen molar-refractivity contribution in [2.45, 2.75) is 142 Å². The van der Waals surface area contributed by atoms with Gasteiger partial charge in [-0.3, -0.25) is 4.98 Å². The third kappa shape index (κ3) is 16.9. The first kappa shape index (κ1) is 27.7. The molecule has 1 rings (SSSR count). The van der Waals surface area contributed by atoms with E-state index in [1.807, 2.05) is 6.08 Å². The van der Waals surface area contributed by atoms with Crippen LogP contribution < -0.4 is 0 Å². The maximum Gasteiger partial charge on any atom is 0.198 e. The fraction of sp³-hybridized carbons (Fsp3) is 0.786. The second-order valence-electron chi connectivity index (χ2n) is 9.37. The fourth-order valence-corrected chi connectivity index (χ4v) is 4.30. The van der Waals surface area contributed by atoms with Crippen LogP contribution in [0.15, 0.2) is 12.1 Å². The molecule has 0 amide bonds. The zero-order valence-corrected chi connectivity index (χ0v) is 20.5. The molecule has 0 aliphatic carbocycles. The number of aromatic nitrogens is 1. The van der Waals surface area contributed by atoms with Crippen molar-refractivity contribution in [3.63, 3.8) is 0 Å². The van der Waals surface area contributed by atoms with Gasteiger partial charge in [0.25, 0.3) is 0 Å². The molecule has 3 N–H and O–H groups in total. The molecule has 0 aliphatic heterocycles. The monoisotopic (exact) mass is 433 g/mol. The molecule has 0 atom stereocenters. The Kier molecular flexibility index (Phi) is 18.3. The molecule has 0 spiro atoms. The zero-order valence-electron chi connectivity index (χ0n) is 20.5. The average molecular weight is 434 g/mol. The van der Waals surface area contributed by atoms with Crippen molar-refractivity contribution in [1.29, 1.82) is 0 Å². The standard InChI is InChI=1S/C28H51NO2/c1-2-3-4-5-6-7-8-9-10-11-12-13-14-15-16-17-18-19-20-21-22-23-24-26-25-27(30)29-28(26)31/h23-25,29-31H,2-22H2,1H3. The number of nitrogens with one attached hydrogen (secondary N) is 1. The quantitative estimate of drug-likeness (QED) is 0.159. The fourth-order valence-electron chi connectivity index (χ4n) is 4.30. The highest BCUT2D eigenvalue weighted by molar-refractivity contribution is 5.56. The Morgan fingerprint density at radius 2 is 1.00 bits per heavy atom. The maximum absolute atomic E-state index is 9.54. The van der Waals surface area contributed by atoms with E-state index >= 15 is 0 Å². The lowest BCUT2D eigenvalue weighted by molar-refractivity contribution is 0.425. The minimum atomic E-state index is 0.0101. The van der Waals surface area contributed by atoms with E-state index < -0.39 is 0 Å². The first-order chi connectivity index (χ1) is 15.2. The van der Waals surface area contributed by atoms with Gasteiger partial charge in [-0.1, -0.05) is 141 Å². The van der Waals surface area contributed by atoms with E-state index in [4.69, 9.17) is 0 Å². The zero-order chi connectivity index (χ0) is 22.4. The van der Waals surface area contributed by atoms with Crippen LogP contribution in [0.2, 0.25) is 0 Å². The lowest BCUT2D eigenvalue weighted by atomic mass is 10.0. The van der Waals surface area contributed by atoms with Crippen molar-refractivity contribution in [3.05, 3.63) is 17.7 Å². The summed E-state index contributed by atoms with van der Waals surface area (Å²) in [7, 11) is 0. The highest BCUT2D eigenvalue weighted by atomic mass is 16.3. The molecule has 3 nitrogen and oxygen atoms in total. The minimum absolute atomic E-state index is 0.0101. The number of aromatic hydroxyl groups is 2. The van der Waals surface area contributed by atoms with Gasteiger partial charge >= 0.3 is 0 Å².